The van der Waals surface area contributed by atoms with Gasteiger partial charge in [-0.1, -0.05) is 63.2 Å². The Balaban J connectivity index is 2.20. The predicted octanol–water partition coefficient (Wildman–Crippen LogP) is 6.17. The van der Waals surface area contributed by atoms with Gasteiger partial charge in [0.05, 0.1) is 0 Å². The highest BCUT2D eigenvalue weighted by Gasteiger charge is 2.21. The van der Waals surface area contributed by atoms with Crippen LogP contribution in [0.15, 0.2) is 48.5 Å². The maximum absolute atomic E-state index is 2.33. The standard InChI is InChI=1S/C19H20S/c1-13-18(19(2,3)4)16-11-10-15(12-17(16)20-13)14-8-6-5-7-9-14/h5-12H,1-4H3. The third-order valence-corrected chi connectivity index (χ3v) is 4.79. The van der Waals surface area contributed by atoms with E-state index in [1.165, 1.54) is 31.7 Å². The smallest absolute Gasteiger partial charge is 0.0354 e. The van der Waals surface area contributed by atoms with E-state index in [4.69, 9.17) is 0 Å². The third-order valence-electron chi connectivity index (χ3n) is 3.72. The zero-order valence-corrected chi connectivity index (χ0v) is 13.3. The van der Waals surface area contributed by atoms with E-state index < -0.39 is 0 Å². The van der Waals surface area contributed by atoms with Gasteiger partial charge in [-0.25, -0.2) is 0 Å². The van der Waals surface area contributed by atoms with Gasteiger partial charge in [0.1, 0.15) is 0 Å². The van der Waals surface area contributed by atoms with Crippen molar-refractivity contribution in [2.75, 3.05) is 0 Å². The molecule has 0 aliphatic heterocycles. The van der Waals surface area contributed by atoms with Crippen LogP contribution in [0.25, 0.3) is 21.2 Å². The molecule has 1 heteroatoms. The summed E-state index contributed by atoms with van der Waals surface area (Å²) in [5.41, 5.74) is 4.30. The Bertz CT molecular complexity index is 743. The summed E-state index contributed by atoms with van der Waals surface area (Å²) in [7, 11) is 0. The van der Waals surface area contributed by atoms with Crippen LogP contribution in [-0.4, -0.2) is 0 Å². The molecule has 0 atom stereocenters. The maximum Gasteiger partial charge on any atom is 0.0354 e. The molecular formula is C19H20S. The Labute approximate surface area is 125 Å². The number of thiophene rings is 1. The van der Waals surface area contributed by atoms with Crippen molar-refractivity contribution >= 4 is 21.4 Å². The van der Waals surface area contributed by atoms with Gasteiger partial charge in [-0.15, -0.1) is 11.3 Å². The Kier molecular flexibility index (Phi) is 3.18. The number of rotatable bonds is 1. The van der Waals surface area contributed by atoms with Crippen LogP contribution >= 0.6 is 11.3 Å². The van der Waals surface area contributed by atoms with Gasteiger partial charge in [0.2, 0.25) is 0 Å². The second kappa shape index (κ2) is 4.75. The quantitative estimate of drug-likeness (QED) is 0.499. The van der Waals surface area contributed by atoms with Crippen molar-refractivity contribution in [1.82, 2.24) is 0 Å². The summed E-state index contributed by atoms with van der Waals surface area (Å²) in [6.07, 6.45) is 0. The van der Waals surface area contributed by atoms with Crippen LogP contribution in [0.1, 0.15) is 31.2 Å². The van der Waals surface area contributed by atoms with Gasteiger partial charge in [0.25, 0.3) is 0 Å². The van der Waals surface area contributed by atoms with Crippen LogP contribution in [0.2, 0.25) is 0 Å². The molecule has 1 aromatic heterocycles. The highest BCUT2D eigenvalue weighted by molar-refractivity contribution is 7.19. The molecule has 0 aliphatic carbocycles. The molecule has 0 fully saturated rings. The molecule has 0 saturated heterocycles. The van der Waals surface area contributed by atoms with Crippen molar-refractivity contribution in [3.8, 4) is 11.1 Å². The first-order chi connectivity index (χ1) is 9.47. The summed E-state index contributed by atoms with van der Waals surface area (Å²) in [5.74, 6) is 0. The van der Waals surface area contributed by atoms with E-state index in [2.05, 4.69) is 76.2 Å². The molecule has 0 saturated carbocycles. The highest BCUT2D eigenvalue weighted by atomic mass is 32.1. The molecule has 0 radical (unpaired) electrons. The normalized spacial score (nSPS) is 12.0. The molecule has 0 nitrogen and oxygen atoms in total. The monoisotopic (exact) mass is 280 g/mol. The Hall–Kier alpha value is -1.60. The van der Waals surface area contributed by atoms with E-state index in [9.17, 15) is 0 Å². The Morgan fingerprint density at radius 2 is 1.55 bits per heavy atom. The fourth-order valence-corrected chi connectivity index (χ4v) is 4.28. The van der Waals surface area contributed by atoms with Gasteiger partial charge in [-0.2, -0.15) is 0 Å². The molecule has 0 amide bonds. The molecule has 0 spiro atoms. The fourth-order valence-electron chi connectivity index (χ4n) is 2.96. The minimum Gasteiger partial charge on any atom is -0.140 e. The highest BCUT2D eigenvalue weighted by Crippen LogP contribution is 2.40. The average molecular weight is 280 g/mol. The predicted molar refractivity (Wildman–Crippen MR) is 90.7 cm³/mol. The van der Waals surface area contributed by atoms with Gasteiger partial charge in [-0.05, 0) is 40.5 Å². The summed E-state index contributed by atoms with van der Waals surface area (Å²) in [4.78, 5) is 1.44. The summed E-state index contributed by atoms with van der Waals surface area (Å²) in [5, 5.41) is 1.42. The zero-order chi connectivity index (χ0) is 14.3. The Morgan fingerprint density at radius 3 is 2.20 bits per heavy atom. The number of hydrogen-bond donors (Lipinski definition) is 0. The molecule has 0 unspecified atom stereocenters. The molecule has 0 bridgehead atoms. The van der Waals surface area contributed by atoms with Gasteiger partial charge in [-0.3, -0.25) is 0 Å². The summed E-state index contributed by atoms with van der Waals surface area (Å²) in [6, 6.07) is 17.5. The minimum absolute atomic E-state index is 0.205. The van der Waals surface area contributed by atoms with E-state index in [1.54, 1.807) is 0 Å². The lowest BCUT2D eigenvalue weighted by Gasteiger charge is -2.19. The van der Waals surface area contributed by atoms with Crippen molar-refractivity contribution < 1.29 is 0 Å². The fraction of sp³-hybridized carbons (Fsp3) is 0.263. The van der Waals surface area contributed by atoms with Crippen molar-refractivity contribution in [1.29, 1.82) is 0 Å². The molecule has 3 rings (SSSR count). The average Bonchev–Trinajstić information content (AvgIpc) is 2.74. The molecule has 0 aliphatic rings. The molecule has 20 heavy (non-hydrogen) atoms. The van der Waals surface area contributed by atoms with Gasteiger partial charge in [0.15, 0.2) is 0 Å². The van der Waals surface area contributed by atoms with Crippen molar-refractivity contribution in [2.45, 2.75) is 33.1 Å². The number of benzene rings is 2. The summed E-state index contributed by atoms with van der Waals surface area (Å²) < 4.78 is 1.40. The topological polar surface area (TPSA) is 0 Å². The van der Waals surface area contributed by atoms with Crippen LogP contribution in [0, 0.1) is 6.92 Å². The molecule has 102 valence electrons. The van der Waals surface area contributed by atoms with Crippen LogP contribution in [-0.2, 0) is 5.41 Å². The van der Waals surface area contributed by atoms with Crippen molar-refractivity contribution in [3.63, 3.8) is 0 Å². The summed E-state index contributed by atoms with van der Waals surface area (Å²) >= 11 is 1.91. The van der Waals surface area contributed by atoms with Crippen LogP contribution in [0.5, 0.6) is 0 Å². The van der Waals surface area contributed by atoms with Crippen LogP contribution in [0.4, 0.5) is 0 Å². The molecule has 1 heterocycles. The lowest BCUT2D eigenvalue weighted by molar-refractivity contribution is 0.594. The van der Waals surface area contributed by atoms with Crippen molar-refractivity contribution in [2.24, 2.45) is 0 Å². The molecule has 0 N–H and O–H groups in total. The number of aryl methyl sites for hydroxylation is 1. The van der Waals surface area contributed by atoms with E-state index >= 15 is 0 Å². The second-order valence-corrected chi connectivity index (χ2v) is 7.62. The van der Waals surface area contributed by atoms with Crippen LogP contribution in [0.3, 0.4) is 0 Å². The SMILES string of the molecule is Cc1sc2cc(-c3ccccc3)ccc2c1C(C)(C)C. The van der Waals surface area contributed by atoms with E-state index in [0.29, 0.717) is 0 Å². The first kappa shape index (κ1) is 13.4. The molecular weight excluding hydrogens is 260 g/mol. The van der Waals surface area contributed by atoms with Gasteiger partial charge >= 0.3 is 0 Å². The molecule has 2 aromatic carbocycles. The van der Waals surface area contributed by atoms with Gasteiger partial charge in [0, 0.05) is 9.58 Å². The zero-order valence-electron chi connectivity index (χ0n) is 12.5. The Morgan fingerprint density at radius 1 is 0.850 bits per heavy atom. The first-order valence-electron chi connectivity index (χ1n) is 7.06. The van der Waals surface area contributed by atoms with Crippen LogP contribution < -0.4 is 0 Å². The lowest BCUT2D eigenvalue weighted by atomic mass is 9.85. The minimum atomic E-state index is 0.205. The largest absolute Gasteiger partial charge is 0.140 e. The maximum atomic E-state index is 2.33. The second-order valence-electron chi connectivity index (χ2n) is 6.36. The van der Waals surface area contributed by atoms with E-state index in [-0.39, 0.29) is 5.41 Å². The first-order valence-corrected chi connectivity index (χ1v) is 7.87. The summed E-state index contributed by atoms with van der Waals surface area (Å²) in [6.45, 7) is 9.14. The molecule has 3 aromatic rings. The van der Waals surface area contributed by atoms with Crippen molar-refractivity contribution in [3.05, 3.63) is 59.0 Å². The van der Waals surface area contributed by atoms with E-state index in [0.717, 1.165) is 0 Å². The van der Waals surface area contributed by atoms with E-state index in [1.807, 2.05) is 11.3 Å². The lowest BCUT2D eigenvalue weighted by Crippen LogP contribution is -2.11. The number of fused-ring (bicyclic) bond motifs is 1. The van der Waals surface area contributed by atoms with Gasteiger partial charge < -0.3 is 0 Å². The number of hydrogen-bond acceptors (Lipinski definition) is 1. The third kappa shape index (κ3) is 2.27.